The Balaban J connectivity index is 1.98. The van der Waals surface area contributed by atoms with E-state index in [0.29, 0.717) is 0 Å². The lowest BCUT2D eigenvalue weighted by molar-refractivity contribution is 0.249. The van der Waals surface area contributed by atoms with E-state index in [2.05, 4.69) is 32.2 Å². The fourth-order valence-electron chi connectivity index (χ4n) is 2.85. The summed E-state index contributed by atoms with van der Waals surface area (Å²) in [6.45, 7) is 9.73. The van der Waals surface area contributed by atoms with Crippen LogP contribution in [0.3, 0.4) is 0 Å². The van der Waals surface area contributed by atoms with Crippen LogP contribution in [0.15, 0.2) is 18.2 Å². The number of ether oxygens (including phenoxy) is 2. The number of hydrogen-bond acceptors (Lipinski definition) is 3. The Hall–Kier alpha value is -1.22. The first-order valence-corrected chi connectivity index (χ1v) is 8.03. The van der Waals surface area contributed by atoms with E-state index in [1.54, 1.807) is 7.11 Å². The van der Waals surface area contributed by atoms with Crippen molar-refractivity contribution in [1.82, 2.24) is 5.32 Å². The molecule has 118 valence electrons. The van der Waals surface area contributed by atoms with E-state index in [4.69, 9.17) is 9.47 Å². The first-order chi connectivity index (χ1) is 10.0. The van der Waals surface area contributed by atoms with E-state index in [1.807, 2.05) is 12.1 Å². The van der Waals surface area contributed by atoms with E-state index < -0.39 is 0 Å². The normalized spacial score (nSPS) is 19.3. The van der Waals surface area contributed by atoms with Crippen LogP contribution >= 0.6 is 0 Å². The van der Waals surface area contributed by atoms with E-state index in [9.17, 15) is 0 Å². The summed E-state index contributed by atoms with van der Waals surface area (Å²) in [4.78, 5) is 0. The molecule has 0 radical (unpaired) electrons. The van der Waals surface area contributed by atoms with Crippen LogP contribution in [0, 0.1) is 5.92 Å². The lowest BCUT2D eigenvalue weighted by atomic mass is 9.86. The number of piperidine rings is 1. The van der Waals surface area contributed by atoms with Crippen LogP contribution in [0.2, 0.25) is 0 Å². The van der Waals surface area contributed by atoms with Gasteiger partial charge in [0.15, 0.2) is 0 Å². The smallest absolute Gasteiger partial charge is 0.123 e. The molecule has 0 aliphatic carbocycles. The summed E-state index contributed by atoms with van der Waals surface area (Å²) >= 11 is 0. The first-order valence-electron chi connectivity index (χ1n) is 8.03. The third-order valence-electron chi connectivity index (χ3n) is 4.18. The summed E-state index contributed by atoms with van der Waals surface area (Å²) < 4.78 is 11.4. The molecule has 1 saturated heterocycles. The molecular weight excluding hydrogens is 262 g/mol. The summed E-state index contributed by atoms with van der Waals surface area (Å²) in [5.74, 6) is 2.64. The van der Waals surface area contributed by atoms with Crippen molar-refractivity contribution in [2.45, 2.75) is 45.4 Å². The van der Waals surface area contributed by atoms with Gasteiger partial charge in [-0.3, -0.25) is 0 Å². The number of hydrogen-bond donors (Lipinski definition) is 1. The molecule has 1 atom stereocenters. The average molecular weight is 291 g/mol. The third kappa shape index (κ3) is 4.63. The van der Waals surface area contributed by atoms with Crippen molar-refractivity contribution in [2.24, 2.45) is 5.92 Å². The minimum Gasteiger partial charge on any atom is -0.497 e. The standard InChI is InChI=1S/C18H29NO2/c1-18(2,3)16-12-15(20-4)7-8-17(16)21-11-9-14-6-5-10-19-13-14/h7-8,12,14,19H,5-6,9-11,13H2,1-4H3. The number of methoxy groups -OCH3 is 1. The predicted octanol–water partition coefficient (Wildman–Crippen LogP) is 3.76. The van der Waals surface area contributed by atoms with Gasteiger partial charge in [0.1, 0.15) is 11.5 Å². The maximum atomic E-state index is 6.08. The molecule has 0 saturated carbocycles. The van der Waals surface area contributed by atoms with Crippen LogP contribution in [0.1, 0.15) is 45.6 Å². The van der Waals surface area contributed by atoms with Gasteiger partial charge in [-0.2, -0.15) is 0 Å². The van der Waals surface area contributed by atoms with Crippen LogP contribution < -0.4 is 14.8 Å². The van der Waals surface area contributed by atoms with Crippen molar-refractivity contribution in [3.63, 3.8) is 0 Å². The Bertz CT molecular complexity index is 445. The van der Waals surface area contributed by atoms with Gasteiger partial charge in [0.2, 0.25) is 0 Å². The zero-order chi connectivity index (χ0) is 15.3. The van der Waals surface area contributed by atoms with Gasteiger partial charge in [-0.05, 0) is 61.9 Å². The molecular formula is C18H29NO2. The second kappa shape index (κ2) is 7.17. The molecule has 1 N–H and O–H groups in total. The van der Waals surface area contributed by atoms with Crippen molar-refractivity contribution in [2.75, 3.05) is 26.8 Å². The highest BCUT2D eigenvalue weighted by Gasteiger charge is 2.20. The largest absolute Gasteiger partial charge is 0.497 e. The van der Waals surface area contributed by atoms with Gasteiger partial charge in [0.25, 0.3) is 0 Å². The van der Waals surface area contributed by atoms with Crippen LogP contribution in [0.25, 0.3) is 0 Å². The van der Waals surface area contributed by atoms with Gasteiger partial charge in [-0.25, -0.2) is 0 Å². The highest BCUT2D eigenvalue weighted by Crippen LogP contribution is 2.34. The average Bonchev–Trinajstić information content (AvgIpc) is 2.47. The third-order valence-corrected chi connectivity index (χ3v) is 4.18. The van der Waals surface area contributed by atoms with Gasteiger partial charge >= 0.3 is 0 Å². The molecule has 1 aromatic carbocycles. The quantitative estimate of drug-likeness (QED) is 0.896. The topological polar surface area (TPSA) is 30.5 Å². The monoisotopic (exact) mass is 291 g/mol. The lowest BCUT2D eigenvalue weighted by Gasteiger charge is -2.25. The molecule has 1 aliphatic heterocycles. The number of nitrogens with one attached hydrogen (secondary N) is 1. The van der Waals surface area contributed by atoms with E-state index >= 15 is 0 Å². The maximum Gasteiger partial charge on any atom is 0.123 e. The Labute approximate surface area is 129 Å². The van der Waals surface area contributed by atoms with E-state index in [-0.39, 0.29) is 5.41 Å². The molecule has 0 amide bonds. The Kier molecular flexibility index (Phi) is 5.51. The fourth-order valence-corrected chi connectivity index (χ4v) is 2.85. The summed E-state index contributed by atoms with van der Waals surface area (Å²) in [5.41, 5.74) is 1.26. The van der Waals surface area contributed by atoms with Crippen LogP contribution in [0.5, 0.6) is 11.5 Å². The SMILES string of the molecule is COc1ccc(OCCC2CCCNC2)c(C(C)(C)C)c1. The fraction of sp³-hybridized carbons (Fsp3) is 0.667. The number of rotatable bonds is 5. The van der Waals surface area contributed by atoms with Crippen LogP contribution in [0.4, 0.5) is 0 Å². The van der Waals surface area contributed by atoms with Crippen molar-refractivity contribution in [1.29, 1.82) is 0 Å². The molecule has 1 aromatic rings. The predicted molar refractivity (Wildman–Crippen MR) is 87.4 cm³/mol. The van der Waals surface area contributed by atoms with Crippen molar-refractivity contribution < 1.29 is 9.47 Å². The molecule has 1 fully saturated rings. The maximum absolute atomic E-state index is 6.08. The van der Waals surface area contributed by atoms with E-state index in [0.717, 1.165) is 37.0 Å². The summed E-state index contributed by atoms with van der Waals surface area (Å²) in [6.07, 6.45) is 3.74. The molecule has 0 bridgehead atoms. The van der Waals surface area contributed by atoms with Gasteiger partial charge in [0.05, 0.1) is 13.7 Å². The molecule has 1 aliphatic rings. The molecule has 21 heavy (non-hydrogen) atoms. The molecule has 1 heterocycles. The molecule has 1 unspecified atom stereocenters. The van der Waals surface area contributed by atoms with Crippen molar-refractivity contribution in [3.8, 4) is 11.5 Å². The second-order valence-electron chi connectivity index (χ2n) is 6.96. The molecule has 0 spiro atoms. The van der Waals surface area contributed by atoms with Gasteiger partial charge in [0, 0.05) is 5.56 Å². The minimum absolute atomic E-state index is 0.0519. The molecule has 2 rings (SSSR count). The van der Waals surface area contributed by atoms with Crippen LogP contribution in [-0.4, -0.2) is 26.8 Å². The highest BCUT2D eigenvalue weighted by atomic mass is 16.5. The van der Waals surface area contributed by atoms with Crippen molar-refractivity contribution >= 4 is 0 Å². The lowest BCUT2D eigenvalue weighted by Crippen LogP contribution is -2.30. The van der Waals surface area contributed by atoms with Crippen LogP contribution in [-0.2, 0) is 5.41 Å². The van der Waals surface area contributed by atoms with Gasteiger partial charge in [-0.1, -0.05) is 20.8 Å². The van der Waals surface area contributed by atoms with E-state index in [1.165, 1.54) is 24.9 Å². The zero-order valence-corrected chi connectivity index (χ0v) is 13.9. The van der Waals surface area contributed by atoms with Gasteiger partial charge in [-0.15, -0.1) is 0 Å². The van der Waals surface area contributed by atoms with Gasteiger partial charge < -0.3 is 14.8 Å². The highest BCUT2D eigenvalue weighted by molar-refractivity contribution is 5.44. The Morgan fingerprint density at radius 1 is 1.29 bits per heavy atom. The Morgan fingerprint density at radius 2 is 2.10 bits per heavy atom. The second-order valence-corrected chi connectivity index (χ2v) is 6.96. The summed E-state index contributed by atoms with van der Waals surface area (Å²) in [5, 5.41) is 3.46. The molecule has 0 aromatic heterocycles. The zero-order valence-electron chi connectivity index (χ0n) is 13.9. The number of benzene rings is 1. The van der Waals surface area contributed by atoms with Crippen molar-refractivity contribution in [3.05, 3.63) is 23.8 Å². The Morgan fingerprint density at radius 3 is 2.71 bits per heavy atom. The first kappa shape index (κ1) is 16.2. The summed E-state index contributed by atoms with van der Waals surface area (Å²) in [7, 11) is 1.71. The molecule has 3 heteroatoms. The minimum atomic E-state index is 0.0519. The summed E-state index contributed by atoms with van der Waals surface area (Å²) in [6, 6.07) is 6.11. The molecule has 3 nitrogen and oxygen atoms in total.